The summed E-state index contributed by atoms with van der Waals surface area (Å²) >= 11 is 0. The highest BCUT2D eigenvalue weighted by Crippen LogP contribution is 2.39. The van der Waals surface area contributed by atoms with Gasteiger partial charge in [-0.05, 0) is 35.4 Å². The summed E-state index contributed by atoms with van der Waals surface area (Å²) in [4.78, 5) is 0. The summed E-state index contributed by atoms with van der Waals surface area (Å²) in [6.45, 7) is 1.33. The Labute approximate surface area is 245 Å². The van der Waals surface area contributed by atoms with Crippen LogP contribution in [-0.4, -0.2) is 65.1 Å². The standard InChI is InChI=1S/C32H38N2O8/c1-37-27-17-23(18-28(38-2)31(27)41-15-13-35)21-33-9-5-25(6-10-33)26-7-11-34(12-8-26)22-24-19-29(39-3)32(42-16-14-36)30(20-24)40-4/h5-12,17-20,35-36H,13-16,21-22H2,1-4H3/q+2. The smallest absolute Gasteiger partial charge is 0.203 e. The Morgan fingerprint density at radius 2 is 0.833 bits per heavy atom. The summed E-state index contributed by atoms with van der Waals surface area (Å²) in [5.41, 5.74) is 4.16. The van der Waals surface area contributed by atoms with E-state index >= 15 is 0 Å². The van der Waals surface area contributed by atoms with Crippen LogP contribution < -0.4 is 37.6 Å². The molecule has 0 fully saturated rings. The highest BCUT2D eigenvalue weighted by Gasteiger charge is 2.18. The predicted molar refractivity (Wildman–Crippen MR) is 155 cm³/mol. The van der Waals surface area contributed by atoms with Crippen molar-refractivity contribution in [1.82, 2.24) is 0 Å². The highest BCUT2D eigenvalue weighted by atomic mass is 16.5. The molecule has 0 unspecified atom stereocenters. The number of benzene rings is 2. The number of hydrogen-bond acceptors (Lipinski definition) is 8. The number of nitrogens with zero attached hydrogens (tertiary/aromatic N) is 2. The Morgan fingerprint density at radius 3 is 1.10 bits per heavy atom. The van der Waals surface area contributed by atoms with Crippen molar-refractivity contribution in [2.75, 3.05) is 54.9 Å². The maximum absolute atomic E-state index is 9.12. The number of hydrogen-bond donors (Lipinski definition) is 2. The molecule has 0 saturated carbocycles. The lowest BCUT2D eigenvalue weighted by atomic mass is 10.1. The third-order valence-electron chi connectivity index (χ3n) is 6.56. The minimum Gasteiger partial charge on any atom is -0.493 e. The van der Waals surface area contributed by atoms with Crippen molar-refractivity contribution in [2.45, 2.75) is 13.1 Å². The van der Waals surface area contributed by atoms with Crippen molar-refractivity contribution in [1.29, 1.82) is 0 Å². The first-order chi connectivity index (χ1) is 20.5. The predicted octanol–water partition coefficient (Wildman–Crippen LogP) is 2.80. The third-order valence-corrected chi connectivity index (χ3v) is 6.56. The lowest BCUT2D eigenvalue weighted by molar-refractivity contribution is -0.688. The van der Waals surface area contributed by atoms with E-state index in [0.717, 1.165) is 22.3 Å². The van der Waals surface area contributed by atoms with Gasteiger partial charge in [0, 0.05) is 35.4 Å². The molecule has 2 aromatic carbocycles. The molecule has 4 rings (SSSR count). The van der Waals surface area contributed by atoms with E-state index in [2.05, 4.69) is 33.4 Å². The van der Waals surface area contributed by atoms with E-state index in [4.69, 9.17) is 38.6 Å². The number of aliphatic hydroxyl groups excluding tert-OH is 2. The molecule has 0 amide bonds. The first-order valence-electron chi connectivity index (χ1n) is 13.5. The minimum atomic E-state index is -0.0987. The van der Waals surface area contributed by atoms with Gasteiger partial charge in [0.05, 0.1) is 41.7 Å². The molecule has 0 aliphatic heterocycles. The second-order valence-corrected chi connectivity index (χ2v) is 9.32. The van der Waals surface area contributed by atoms with Gasteiger partial charge < -0.3 is 38.6 Å². The summed E-state index contributed by atoms with van der Waals surface area (Å²) in [6, 6.07) is 15.9. The van der Waals surface area contributed by atoms with E-state index in [-0.39, 0.29) is 26.4 Å². The summed E-state index contributed by atoms with van der Waals surface area (Å²) in [5.74, 6) is 3.15. The van der Waals surface area contributed by atoms with Gasteiger partial charge in [0.25, 0.3) is 0 Å². The SMILES string of the molecule is COc1cc(C[n+]2ccc(-c3cc[n+](Cc4cc(OC)c(OCCO)c(OC)c4)cc3)cc2)cc(OC)c1OCCO. The van der Waals surface area contributed by atoms with Gasteiger partial charge >= 0.3 is 0 Å². The fourth-order valence-electron chi connectivity index (χ4n) is 4.56. The van der Waals surface area contributed by atoms with E-state index in [1.54, 1.807) is 28.4 Å². The van der Waals surface area contributed by atoms with Gasteiger partial charge in [0.1, 0.15) is 13.2 Å². The zero-order valence-electron chi connectivity index (χ0n) is 24.4. The van der Waals surface area contributed by atoms with Gasteiger partial charge in [-0.1, -0.05) is 0 Å². The molecule has 0 aliphatic rings. The van der Waals surface area contributed by atoms with E-state index < -0.39 is 0 Å². The van der Waals surface area contributed by atoms with Crippen molar-refractivity contribution in [3.63, 3.8) is 0 Å². The molecule has 2 N–H and O–H groups in total. The number of pyridine rings is 2. The summed E-state index contributed by atoms with van der Waals surface area (Å²) in [6.07, 6.45) is 8.13. The maximum atomic E-state index is 9.12. The average molecular weight is 579 g/mol. The van der Waals surface area contributed by atoms with Crippen LogP contribution in [0.1, 0.15) is 11.1 Å². The zero-order chi connectivity index (χ0) is 29.9. The molecular weight excluding hydrogens is 540 g/mol. The summed E-state index contributed by atoms with van der Waals surface area (Å²) in [7, 11) is 6.31. The molecule has 10 nitrogen and oxygen atoms in total. The van der Waals surface area contributed by atoms with Gasteiger partial charge in [0.15, 0.2) is 60.9 Å². The fraction of sp³-hybridized carbons (Fsp3) is 0.312. The van der Waals surface area contributed by atoms with E-state index in [9.17, 15) is 0 Å². The largest absolute Gasteiger partial charge is 0.493 e. The molecule has 42 heavy (non-hydrogen) atoms. The third kappa shape index (κ3) is 7.39. The average Bonchev–Trinajstić information content (AvgIpc) is 3.03. The molecular formula is C32H38N2O8+2. The minimum absolute atomic E-state index is 0.0987. The molecule has 0 radical (unpaired) electrons. The van der Waals surface area contributed by atoms with Crippen molar-refractivity contribution in [2.24, 2.45) is 0 Å². The number of aromatic nitrogens is 2. The lowest BCUT2D eigenvalue weighted by Gasteiger charge is -2.15. The summed E-state index contributed by atoms with van der Waals surface area (Å²) < 4.78 is 37.4. The molecule has 0 saturated heterocycles. The number of ether oxygens (including phenoxy) is 6. The molecule has 222 valence electrons. The number of methoxy groups -OCH3 is 4. The first-order valence-corrected chi connectivity index (χ1v) is 13.5. The van der Waals surface area contributed by atoms with Gasteiger partial charge in [-0.25, -0.2) is 9.13 Å². The van der Waals surface area contributed by atoms with Crippen LogP contribution in [0.25, 0.3) is 11.1 Å². The second-order valence-electron chi connectivity index (χ2n) is 9.32. The molecule has 0 spiro atoms. The van der Waals surface area contributed by atoms with Crippen LogP contribution in [0.4, 0.5) is 0 Å². The molecule has 0 atom stereocenters. The van der Waals surface area contributed by atoms with Gasteiger partial charge in [0.2, 0.25) is 11.5 Å². The maximum Gasteiger partial charge on any atom is 0.203 e. The molecule has 2 aromatic heterocycles. The molecule has 0 bridgehead atoms. The molecule has 0 aliphatic carbocycles. The number of rotatable bonds is 15. The van der Waals surface area contributed by atoms with Crippen molar-refractivity contribution in [3.8, 4) is 45.6 Å². The second kappa shape index (κ2) is 14.9. The lowest BCUT2D eigenvalue weighted by Crippen LogP contribution is -2.33. The molecule has 4 aromatic rings. The van der Waals surface area contributed by atoms with E-state index in [1.165, 1.54) is 0 Å². The van der Waals surface area contributed by atoms with Crippen LogP contribution in [0.2, 0.25) is 0 Å². The molecule has 10 heteroatoms. The van der Waals surface area contributed by atoms with Crippen LogP contribution in [0.5, 0.6) is 34.5 Å². The Bertz CT molecular complexity index is 1280. The normalized spacial score (nSPS) is 10.7. The quantitative estimate of drug-likeness (QED) is 0.208. The van der Waals surface area contributed by atoms with Gasteiger partial charge in [-0.15, -0.1) is 0 Å². The van der Waals surface area contributed by atoms with Gasteiger partial charge in [-0.3, -0.25) is 0 Å². The topological polar surface area (TPSA) is 104 Å². The van der Waals surface area contributed by atoms with Gasteiger partial charge in [-0.2, -0.15) is 0 Å². The Hall–Kier alpha value is -4.54. The van der Waals surface area contributed by atoms with Crippen LogP contribution in [0.15, 0.2) is 73.3 Å². The Balaban J connectivity index is 1.46. The van der Waals surface area contributed by atoms with Crippen molar-refractivity contribution in [3.05, 3.63) is 84.4 Å². The molecule has 2 heterocycles. The zero-order valence-corrected chi connectivity index (χ0v) is 24.4. The highest BCUT2D eigenvalue weighted by molar-refractivity contribution is 5.61. The van der Waals surface area contributed by atoms with Crippen LogP contribution in [0, 0.1) is 0 Å². The fourth-order valence-corrected chi connectivity index (χ4v) is 4.56. The number of aliphatic hydroxyl groups is 2. The van der Waals surface area contributed by atoms with Crippen LogP contribution in [-0.2, 0) is 13.1 Å². The van der Waals surface area contributed by atoms with E-state index in [1.807, 2.05) is 49.1 Å². The Morgan fingerprint density at radius 1 is 0.524 bits per heavy atom. The van der Waals surface area contributed by atoms with E-state index in [0.29, 0.717) is 47.6 Å². The summed E-state index contributed by atoms with van der Waals surface area (Å²) in [5, 5.41) is 18.2. The Kier molecular flexibility index (Phi) is 10.8. The first kappa shape index (κ1) is 30.4. The van der Waals surface area contributed by atoms with Crippen molar-refractivity contribution >= 4 is 0 Å². The van der Waals surface area contributed by atoms with Crippen LogP contribution >= 0.6 is 0 Å². The monoisotopic (exact) mass is 578 g/mol. The van der Waals surface area contributed by atoms with Crippen LogP contribution in [0.3, 0.4) is 0 Å². The van der Waals surface area contributed by atoms with Crippen molar-refractivity contribution < 1.29 is 47.8 Å².